The van der Waals surface area contributed by atoms with Crippen LogP contribution in [0.1, 0.15) is 6.92 Å². The quantitative estimate of drug-likeness (QED) is 0.544. The molecule has 1 aliphatic carbocycles. The van der Waals surface area contributed by atoms with Crippen molar-refractivity contribution in [1.29, 1.82) is 0 Å². The van der Waals surface area contributed by atoms with E-state index in [4.69, 9.17) is 4.74 Å². The maximum Gasteiger partial charge on any atom is 0.324 e. The summed E-state index contributed by atoms with van der Waals surface area (Å²) in [5.74, 6) is -2.03. The van der Waals surface area contributed by atoms with Crippen molar-refractivity contribution >= 4 is 11.8 Å². The molecule has 1 aliphatic heterocycles. The number of carbonyl (C=O) groups is 2. The van der Waals surface area contributed by atoms with Crippen LogP contribution in [0.15, 0.2) is 24.5 Å². The largest absolute Gasteiger partial charge is 0.428 e. The predicted molar refractivity (Wildman–Crippen MR) is 53.0 cm³/mol. The van der Waals surface area contributed by atoms with Crippen molar-refractivity contribution in [2.45, 2.75) is 19.1 Å². The van der Waals surface area contributed by atoms with Crippen molar-refractivity contribution in [3.05, 3.63) is 24.5 Å². The lowest BCUT2D eigenvalue weighted by atomic mass is 9.65. The molecule has 0 amide bonds. The lowest BCUT2D eigenvalue weighted by Gasteiger charge is -2.37. The summed E-state index contributed by atoms with van der Waals surface area (Å²) in [4.78, 5) is 23.2. The van der Waals surface area contributed by atoms with Crippen LogP contribution in [0.25, 0.3) is 0 Å². The van der Waals surface area contributed by atoms with Gasteiger partial charge in [0.15, 0.2) is 5.78 Å². The Bertz CT molecular complexity index is 411. The molecule has 1 spiro atoms. The summed E-state index contributed by atoms with van der Waals surface area (Å²) in [5, 5.41) is 19.8. The Labute approximate surface area is 92.0 Å². The van der Waals surface area contributed by atoms with Gasteiger partial charge in [-0.3, -0.25) is 9.59 Å². The first-order chi connectivity index (χ1) is 7.42. The summed E-state index contributed by atoms with van der Waals surface area (Å²) in [6.45, 7) is 5.02. The van der Waals surface area contributed by atoms with E-state index in [0.717, 1.165) is 0 Å². The van der Waals surface area contributed by atoms with Crippen molar-refractivity contribution < 1.29 is 24.5 Å². The van der Waals surface area contributed by atoms with Gasteiger partial charge >= 0.3 is 5.97 Å². The van der Waals surface area contributed by atoms with Crippen LogP contribution in [0.5, 0.6) is 0 Å². The second kappa shape index (κ2) is 3.26. The molecular formula is C11H12O5. The molecule has 0 saturated carbocycles. The average molecular weight is 224 g/mol. The maximum absolute atomic E-state index is 11.7. The molecule has 86 valence electrons. The summed E-state index contributed by atoms with van der Waals surface area (Å²) in [5.41, 5.74) is -1.64. The van der Waals surface area contributed by atoms with Crippen LogP contribution in [0.4, 0.5) is 0 Å². The Balaban J connectivity index is 2.58. The van der Waals surface area contributed by atoms with E-state index >= 15 is 0 Å². The molecule has 4 atom stereocenters. The Morgan fingerprint density at radius 3 is 2.50 bits per heavy atom. The molecule has 2 N–H and O–H groups in total. The molecule has 16 heavy (non-hydrogen) atoms. The summed E-state index contributed by atoms with van der Waals surface area (Å²) in [7, 11) is 0. The van der Waals surface area contributed by atoms with Gasteiger partial charge in [0, 0.05) is 0 Å². The number of hydrogen-bond acceptors (Lipinski definition) is 5. The van der Waals surface area contributed by atoms with Gasteiger partial charge in [-0.1, -0.05) is 19.6 Å². The van der Waals surface area contributed by atoms with E-state index in [1.807, 2.05) is 0 Å². The summed E-state index contributed by atoms with van der Waals surface area (Å²) in [6.07, 6.45) is -0.257. The second-order valence-electron chi connectivity index (χ2n) is 4.14. The van der Waals surface area contributed by atoms with E-state index in [1.165, 1.54) is 12.2 Å². The van der Waals surface area contributed by atoms with Gasteiger partial charge < -0.3 is 14.9 Å². The van der Waals surface area contributed by atoms with Crippen molar-refractivity contribution in [2.24, 2.45) is 11.3 Å². The predicted octanol–water partition coefficient (Wildman–Crippen LogP) is -0.460. The van der Waals surface area contributed by atoms with Crippen LogP contribution in [0.3, 0.4) is 0 Å². The molecule has 1 heterocycles. The fourth-order valence-corrected chi connectivity index (χ4v) is 2.31. The molecule has 5 nitrogen and oxygen atoms in total. The fraction of sp³-hybridized carbons (Fsp3) is 0.455. The lowest BCUT2D eigenvalue weighted by Crippen LogP contribution is -2.55. The molecule has 2 rings (SSSR count). The molecular weight excluding hydrogens is 212 g/mol. The number of ether oxygens (including phenoxy) is 1. The summed E-state index contributed by atoms with van der Waals surface area (Å²) < 4.78 is 4.73. The maximum atomic E-state index is 11.7. The number of esters is 1. The highest BCUT2D eigenvalue weighted by Crippen LogP contribution is 2.47. The SMILES string of the molecule is C=C1OC(=O)[C@@]2([C@@H]1O)[C@H](O)C(=O)C=C[C@@H]2C. The van der Waals surface area contributed by atoms with Gasteiger partial charge in [-0.15, -0.1) is 0 Å². The van der Waals surface area contributed by atoms with E-state index in [1.54, 1.807) is 6.92 Å². The molecule has 0 aromatic heterocycles. The van der Waals surface area contributed by atoms with Crippen LogP contribution >= 0.6 is 0 Å². The van der Waals surface area contributed by atoms with Gasteiger partial charge in [0.25, 0.3) is 0 Å². The van der Waals surface area contributed by atoms with Crippen LogP contribution in [-0.4, -0.2) is 34.2 Å². The zero-order valence-electron chi connectivity index (χ0n) is 8.71. The second-order valence-corrected chi connectivity index (χ2v) is 4.14. The Hall–Kier alpha value is -1.46. The fourth-order valence-electron chi connectivity index (χ4n) is 2.31. The van der Waals surface area contributed by atoms with Crippen molar-refractivity contribution in [2.75, 3.05) is 0 Å². The van der Waals surface area contributed by atoms with E-state index in [-0.39, 0.29) is 5.76 Å². The van der Waals surface area contributed by atoms with Gasteiger partial charge in [0.2, 0.25) is 0 Å². The molecule has 0 unspecified atom stereocenters. The number of allylic oxidation sites excluding steroid dienone is 1. The van der Waals surface area contributed by atoms with E-state index in [2.05, 4.69) is 6.58 Å². The van der Waals surface area contributed by atoms with Crippen LogP contribution in [0, 0.1) is 11.3 Å². The van der Waals surface area contributed by atoms with Crippen molar-refractivity contribution in [3.8, 4) is 0 Å². The molecule has 0 radical (unpaired) electrons. The van der Waals surface area contributed by atoms with Crippen LogP contribution < -0.4 is 0 Å². The highest BCUT2D eigenvalue weighted by molar-refractivity contribution is 6.01. The van der Waals surface area contributed by atoms with E-state index in [9.17, 15) is 19.8 Å². The lowest BCUT2D eigenvalue weighted by molar-refractivity contribution is -0.163. The first-order valence-corrected chi connectivity index (χ1v) is 4.91. The number of cyclic esters (lactones) is 1. The number of rotatable bonds is 0. The first-order valence-electron chi connectivity index (χ1n) is 4.91. The third kappa shape index (κ3) is 1.07. The van der Waals surface area contributed by atoms with Gasteiger partial charge in [-0.2, -0.15) is 0 Å². The molecule has 1 fully saturated rings. The van der Waals surface area contributed by atoms with Crippen LogP contribution in [-0.2, 0) is 14.3 Å². The Kier molecular flexibility index (Phi) is 2.25. The monoisotopic (exact) mass is 224 g/mol. The minimum absolute atomic E-state index is 0.126. The molecule has 0 aromatic rings. The third-order valence-corrected chi connectivity index (χ3v) is 3.36. The standard InChI is InChI=1S/C11H12O5/c1-5-3-4-7(12)9(14)11(5)8(13)6(2)16-10(11)15/h3-5,8-9,13-14H,2H2,1H3/t5-,8+,9+,11-/m0/s1. The van der Waals surface area contributed by atoms with Gasteiger partial charge in [0.05, 0.1) is 0 Å². The van der Waals surface area contributed by atoms with Crippen molar-refractivity contribution in [3.63, 3.8) is 0 Å². The van der Waals surface area contributed by atoms with Gasteiger partial charge in [-0.05, 0) is 12.0 Å². The molecule has 0 bridgehead atoms. The van der Waals surface area contributed by atoms with Crippen LogP contribution in [0.2, 0.25) is 0 Å². The zero-order valence-corrected chi connectivity index (χ0v) is 8.71. The summed E-state index contributed by atoms with van der Waals surface area (Å²) >= 11 is 0. The van der Waals surface area contributed by atoms with E-state index in [0.29, 0.717) is 0 Å². The smallest absolute Gasteiger partial charge is 0.324 e. The van der Waals surface area contributed by atoms with Crippen molar-refractivity contribution in [1.82, 2.24) is 0 Å². The number of carbonyl (C=O) groups excluding carboxylic acids is 2. The Morgan fingerprint density at radius 1 is 1.38 bits per heavy atom. The zero-order chi connectivity index (χ0) is 12.1. The normalized spacial score (nSPS) is 42.9. The summed E-state index contributed by atoms with van der Waals surface area (Å²) in [6, 6.07) is 0. The number of hydrogen-bond donors (Lipinski definition) is 2. The first kappa shape index (κ1) is 11.0. The van der Waals surface area contributed by atoms with E-state index < -0.39 is 35.3 Å². The minimum Gasteiger partial charge on any atom is -0.428 e. The van der Waals surface area contributed by atoms with Gasteiger partial charge in [-0.25, -0.2) is 0 Å². The highest BCUT2D eigenvalue weighted by atomic mass is 16.6. The number of ketones is 1. The minimum atomic E-state index is -1.64. The molecule has 2 aliphatic rings. The Morgan fingerprint density at radius 2 is 2.00 bits per heavy atom. The van der Waals surface area contributed by atoms with Gasteiger partial charge in [0.1, 0.15) is 23.4 Å². The highest BCUT2D eigenvalue weighted by Gasteiger charge is 2.64. The number of aliphatic hydroxyl groups is 2. The number of aliphatic hydroxyl groups excluding tert-OH is 2. The topological polar surface area (TPSA) is 83.8 Å². The third-order valence-electron chi connectivity index (χ3n) is 3.36. The molecule has 0 aromatic carbocycles. The molecule has 5 heteroatoms. The average Bonchev–Trinajstić information content (AvgIpc) is 2.45. The molecule has 1 saturated heterocycles.